The lowest BCUT2D eigenvalue weighted by Crippen LogP contribution is -2.26. The first-order chi connectivity index (χ1) is 23.0. The molecule has 0 saturated carbocycles. The Morgan fingerprint density at radius 1 is 1.20 bits per heavy atom. The van der Waals surface area contributed by atoms with E-state index in [1.165, 1.54) is 0 Å². The summed E-state index contributed by atoms with van der Waals surface area (Å²) in [6, 6.07) is 8.11. The van der Waals surface area contributed by atoms with Crippen LogP contribution in [-0.2, 0) is 16.3 Å². The van der Waals surface area contributed by atoms with Crippen LogP contribution < -0.4 is 4.90 Å². The highest BCUT2D eigenvalue weighted by molar-refractivity contribution is 6.76. The van der Waals surface area contributed by atoms with Gasteiger partial charge in [0.15, 0.2) is 11.6 Å². The molecular weight excluding hydrogens is 690 g/mol. The molecule has 0 radical (unpaired) electrons. The third-order valence-electron chi connectivity index (χ3n) is 7.91. The van der Waals surface area contributed by atoms with Crippen molar-refractivity contribution < 1.29 is 42.1 Å². The van der Waals surface area contributed by atoms with Crippen molar-refractivity contribution in [3.05, 3.63) is 59.7 Å². The highest BCUT2D eigenvalue weighted by Gasteiger charge is 2.38. The van der Waals surface area contributed by atoms with Gasteiger partial charge in [0.25, 0.3) is 0 Å². The predicted molar refractivity (Wildman–Crippen MR) is 175 cm³/mol. The van der Waals surface area contributed by atoms with Gasteiger partial charge in [0.05, 0.1) is 29.8 Å². The smallest absolute Gasteiger partial charge is 0.478 e. The second kappa shape index (κ2) is 15.3. The molecule has 0 aliphatic carbocycles. The third kappa shape index (κ3) is 9.34. The number of aromatic nitrogens is 5. The molecule has 2 atom stereocenters. The van der Waals surface area contributed by atoms with Crippen LogP contribution in [0.3, 0.4) is 0 Å². The average Bonchev–Trinajstić information content (AvgIpc) is 3.79. The van der Waals surface area contributed by atoms with Crippen molar-refractivity contribution in [2.75, 3.05) is 24.6 Å². The predicted octanol–water partition coefficient (Wildman–Crippen LogP) is 6.71. The van der Waals surface area contributed by atoms with E-state index in [-0.39, 0.29) is 34.9 Å². The number of halogens is 5. The quantitative estimate of drug-likeness (QED) is 0.0737. The number of carboxylic acids is 2. The number of carboxylic acid groups (broad SMARTS) is 2. The number of nitriles is 1. The zero-order valence-electron chi connectivity index (χ0n) is 26.8. The maximum absolute atomic E-state index is 14.8. The van der Waals surface area contributed by atoms with Gasteiger partial charge in [-0.2, -0.15) is 18.4 Å². The van der Waals surface area contributed by atoms with E-state index < -0.39 is 32.0 Å². The molecule has 12 nitrogen and oxygen atoms in total. The van der Waals surface area contributed by atoms with Crippen molar-refractivity contribution in [2.24, 2.45) is 5.92 Å². The first kappa shape index (κ1) is 37.3. The molecule has 2 N–H and O–H groups in total. The van der Waals surface area contributed by atoms with Gasteiger partial charge >= 0.3 is 18.1 Å². The molecular formula is C31H34ClF4N7O5Si. The average molecular weight is 724 g/mol. The van der Waals surface area contributed by atoms with E-state index in [9.17, 15) is 32.7 Å². The molecule has 49 heavy (non-hydrogen) atoms. The Labute approximate surface area is 284 Å². The van der Waals surface area contributed by atoms with Crippen LogP contribution >= 0.6 is 11.6 Å². The second-order valence-corrected chi connectivity index (χ2v) is 18.6. The number of anilines is 1. The summed E-state index contributed by atoms with van der Waals surface area (Å²) >= 11 is 6.02. The van der Waals surface area contributed by atoms with Crippen molar-refractivity contribution >= 4 is 48.5 Å². The number of ether oxygens (including phenoxy) is 1. The summed E-state index contributed by atoms with van der Waals surface area (Å²) in [5.41, 5.74) is 2.12. The highest BCUT2D eigenvalue weighted by atomic mass is 35.5. The molecule has 5 rings (SSSR count). The number of alkyl halides is 3. The van der Waals surface area contributed by atoms with E-state index >= 15 is 0 Å². The lowest BCUT2D eigenvalue weighted by Gasteiger charge is -2.24. The van der Waals surface area contributed by atoms with Crippen LogP contribution in [-0.4, -0.2) is 80.2 Å². The standard InChI is InChI=1S/C29H33ClFN7O3Si.C2HF3O2/c1-42(2,3)13-12-41-18-38-11-7-21-25(33-17-34-27(21)38)20-6-9-36(16-20)24(4-8-32)19-5-10-37(15-19)28-23(31)14-22(29(39)40)26(30)35-28;3-2(4,5)1(6)7/h6-7,9,11,14,16-17,19,24H,4-5,10,12-13,15,18H2,1-3H3,(H,39,40);(H,6,7)/t19-,24-;/m0./s1. The van der Waals surface area contributed by atoms with E-state index in [2.05, 4.69) is 40.7 Å². The zero-order chi connectivity index (χ0) is 36.1. The molecule has 0 bridgehead atoms. The Kier molecular flexibility index (Phi) is 11.7. The number of nitrogens with zero attached hydrogens (tertiary/aromatic N) is 7. The van der Waals surface area contributed by atoms with E-state index in [0.29, 0.717) is 26.2 Å². The summed E-state index contributed by atoms with van der Waals surface area (Å²) in [5.74, 6) is -4.78. The lowest BCUT2D eigenvalue weighted by molar-refractivity contribution is -0.192. The molecule has 1 aliphatic heterocycles. The van der Waals surface area contributed by atoms with Crippen LogP contribution in [0, 0.1) is 23.1 Å². The largest absolute Gasteiger partial charge is 0.490 e. The minimum atomic E-state index is -5.08. The number of fused-ring (bicyclic) bond motifs is 1. The van der Waals surface area contributed by atoms with E-state index in [1.54, 1.807) is 11.2 Å². The Morgan fingerprint density at radius 2 is 1.92 bits per heavy atom. The van der Waals surface area contributed by atoms with Crippen LogP contribution in [0.15, 0.2) is 43.1 Å². The minimum Gasteiger partial charge on any atom is -0.478 e. The fourth-order valence-corrected chi connectivity index (χ4v) is 6.34. The SMILES string of the molecule is C[Si](C)(C)CCOCn1ccc2c(-c3ccn([C@@H](CC#N)[C@H]4CCN(c5nc(Cl)c(C(=O)O)cc5F)C4)c3)ncnc21.O=C(O)C(F)(F)F. The van der Waals surface area contributed by atoms with Crippen LogP contribution in [0.1, 0.15) is 29.2 Å². The Bertz CT molecular complexity index is 1850. The monoisotopic (exact) mass is 723 g/mol. The maximum Gasteiger partial charge on any atom is 0.490 e. The van der Waals surface area contributed by atoms with Crippen molar-refractivity contribution in [3.63, 3.8) is 0 Å². The van der Waals surface area contributed by atoms with E-state index in [4.69, 9.17) is 26.2 Å². The second-order valence-electron chi connectivity index (χ2n) is 12.6. The molecule has 0 unspecified atom stereocenters. The Morgan fingerprint density at radius 3 is 2.55 bits per heavy atom. The molecule has 1 saturated heterocycles. The summed E-state index contributed by atoms with van der Waals surface area (Å²) in [7, 11) is -1.17. The van der Waals surface area contributed by atoms with Crippen LogP contribution in [0.2, 0.25) is 30.8 Å². The van der Waals surface area contributed by atoms with Crippen molar-refractivity contribution in [1.82, 2.24) is 24.1 Å². The van der Waals surface area contributed by atoms with Gasteiger partial charge in [0.2, 0.25) is 0 Å². The van der Waals surface area contributed by atoms with Gasteiger partial charge in [-0.1, -0.05) is 31.2 Å². The minimum absolute atomic E-state index is 0.0220. The summed E-state index contributed by atoms with van der Waals surface area (Å²) in [6.45, 7) is 9.08. The summed E-state index contributed by atoms with van der Waals surface area (Å²) in [4.78, 5) is 35.1. The van der Waals surface area contributed by atoms with Crippen molar-refractivity contribution in [3.8, 4) is 17.3 Å². The van der Waals surface area contributed by atoms with Gasteiger partial charge in [-0.15, -0.1) is 0 Å². The first-order valence-electron chi connectivity index (χ1n) is 15.1. The summed E-state index contributed by atoms with van der Waals surface area (Å²) in [5, 5.41) is 26.6. The number of aromatic carboxylic acids is 1. The van der Waals surface area contributed by atoms with E-state index in [0.717, 1.165) is 41.0 Å². The lowest BCUT2D eigenvalue weighted by atomic mass is 9.96. The number of pyridine rings is 1. The van der Waals surface area contributed by atoms with E-state index in [1.807, 2.05) is 39.9 Å². The molecule has 4 aromatic rings. The molecule has 0 amide bonds. The Balaban J connectivity index is 0.000000698. The van der Waals surface area contributed by atoms with Crippen molar-refractivity contribution in [1.29, 1.82) is 5.26 Å². The fourth-order valence-electron chi connectivity index (χ4n) is 5.37. The fraction of sp³-hybridized carbons (Fsp3) is 0.419. The maximum atomic E-state index is 14.8. The zero-order valence-corrected chi connectivity index (χ0v) is 28.5. The molecule has 5 heterocycles. The molecule has 1 fully saturated rings. The normalized spacial score (nSPS) is 15.5. The van der Waals surface area contributed by atoms with Crippen LogP contribution in [0.25, 0.3) is 22.3 Å². The molecule has 262 valence electrons. The number of hydrogen-bond donors (Lipinski definition) is 2. The topological polar surface area (TPSA) is 159 Å². The highest BCUT2D eigenvalue weighted by Crippen LogP contribution is 2.36. The summed E-state index contributed by atoms with van der Waals surface area (Å²) < 4.78 is 56.5. The molecule has 4 aromatic heterocycles. The van der Waals surface area contributed by atoms with Gasteiger partial charge in [0.1, 0.15) is 23.9 Å². The van der Waals surface area contributed by atoms with Crippen molar-refractivity contribution in [2.45, 2.75) is 57.5 Å². The molecule has 1 aliphatic rings. The van der Waals surface area contributed by atoms with Gasteiger partial charge in [-0.25, -0.2) is 28.9 Å². The van der Waals surface area contributed by atoms with Crippen LogP contribution in [0.5, 0.6) is 0 Å². The van der Waals surface area contributed by atoms with Gasteiger partial charge in [-0.05, 0) is 36.6 Å². The number of rotatable bonds is 11. The first-order valence-corrected chi connectivity index (χ1v) is 19.2. The van der Waals surface area contributed by atoms with Gasteiger partial charge in [0, 0.05) is 57.3 Å². The van der Waals surface area contributed by atoms with Gasteiger partial charge in [-0.3, -0.25) is 0 Å². The molecule has 0 spiro atoms. The number of hydrogen-bond acceptors (Lipinski definition) is 8. The molecule has 18 heteroatoms. The number of carbonyl (C=O) groups is 2. The Hall–Kier alpha value is -4.53. The third-order valence-corrected chi connectivity index (χ3v) is 9.90. The summed E-state index contributed by atoms with van der Waals surface area (Å²) in [6.07, 6.45) is 3.34. The van der Waals surface area contributed by atoms with Gasteiger partial charge < -0.3 is 29.0 Å². The van der Waals surface area contributed by atoms with Crippen LogP contribution in [0.4, 0.5) is 23.4 Å². The number of aliphatic carboxylic acids is 1. The molecule has 0 aromatic carbocycles.